The number of nitrogens with zero attached hydrogens (tertiary/aromatic N) is 2. The van der Waals surface area contributed by atoms with Crippen LogP contribution in [0.3, 0.4) is 0 Å². The molecule has 0 unspecified atom stereocenters. The fourth-order valence-corrected chi connectivity index (χ4v) is 2.62. The zero-order chi connectivity index (χ0) is 13.9. The van der Waals surface area contributed by atoms with Crippen LogP contribution in [0.1, 0.15) is 43.4 Å². The minimum Gasteiger partial charge on any atom is -0.354 e. The first-order valence-electron chi connectivity index (χ1n) is 7.46. The Morgan fingerprint density at radius 1 is 1.15 bits per heavy atom. The maximum atomic E-state index is 4.58. The second kappa shape index (κ2) is 5.61. The van der Waals surface area contributed by atoms with Gasteiger partial charge in [0, 0.05) is 17.8 Å². The summed E-state index contributed by atoms with van der Waals surface area (Å²) < 4.78 is 0. The van der Waals surface area contributed by atoms with E-state index in [0.717, 1.165) is 29.4 Å². The Hall–Kier alpha value is -1.90. The molecule has 1 aliphatic rings. The molecule has 3 heteroatoms. The number of benzene rings is 1. The molecule has 0 aliphatic heterocycles. The fraction of sp³-hybridized carbons (Fsp3) is 0.412. The zero-order valence-electron chi connectivity index (χ0n) is 12.2. The van der Waals surface area contributed by atoms with Crippen molar-refractivity contribution in [2.75, 3.05) is 11.9 Å². The smallest absolute Gasteiger partial charge is 0.223 e. The van der Waals surface area contributed by atoms with Crippen molar-refractivity contribution in [1.82, 2.24) is 9.97 Å². The van der Waals surface area contributed by atoms with Crippen LogP contribution >= 0.6 is 0 Å². The van der Waals surface area contributed by atoms with Crippen LogP contribution in [0.4, 0.5) is 5.95 Å². The third-order valence-electron chi connectivity index (χ3n) is 3.97. The van der Waals surface area contributed by atoms with E-state index in [9.17, 15) is 0 Å². The lowest BCUT2D eigenvalue weighted by Crippen LogP contribution is -2.08. The third-order valence-corrected chi connectivity index (χ3v) is 3.97. The number of hydrogen-bond donors (Lipinski definition) is 1. The maximum absolute atomic E-state index is 4.58. The lowest BCUT2D eigenvalue weighted by atomic mass is 9.80. The van der Waals surface area contributed by atoms with Crippen LogP contribution in [0.2, 0.25) is 0 Å². The Bertz CT molecular complexity index is 586. The highest BCUT2D eigenvalue weighted by atomic mass is 15.1. The van der Waals surface area contributed by atoms with Crippen LogP contribution in [0, 0.1) is 6.92 Å². The maximum Gasteiger partial charge on any atom is 0.223 e. The first-order chi connectivity index (χ1) is 9.76. The standard InChI is InChI=1S/C17H21N3/c1-3-18-17-19-12(2)11-16(20-17)15-9-7-14(8-10-15)13-5-4-6-13/h7-11,13H,3-6H2,1-2H3,(H,18,19,20). The molecule has 0 amide bonds. The van der Waals surface area contributed by atoms with Crippen LogP contribution in [-0.2, 0) is 0 Å². The van der Waals surface area contributed by atoms with E-state index in [0.29, 0.717) is 5.95 Å². The molecule has 1 saturated carbocycles. The topological polar surface area (TPSA) is 37.8 Å². The predicted molar refractivity (Wildman–Crippen MR) is 83.0 cm³/mol. The number of nitrogens with one attached hydrogen (secondary N) is 1. The van der Waals surface area contributed by atoms with Crippen molar-refractivity contribution in [3.05, 3.63) is 41.6 Å². The summed E-state index contributed by atoms with van der Waals surface area (Å²) in [6, 6.07) is 10.9. The van der Waals surface area contributed by atoms with Gasteiger partial charge in [-0.1, -0.05) is 30.7 Å². The molecule has 2 aromatic rings. The summed E-state index contributed by atoms with van der Waals surface area (Å²) in [7, 11) is 0. The van der Waals surface area contributed by atoms with Gasteiger partial charge in [0.15, 0.2) is 0 Å². The van der Waals surface area contributed by atoms with Gasteiger partial charge in [-0.05, 0) is 44.2 Å². The highest BCUT2D eigenvalue weighted by molar-refractivity contribution is 5.61. The largest absolute Gasteiger partial charge is 0.354 e. The average molecular weight is 267 g/mol. The van der Waals surface area contributed by atoms with Crippen molar-refractivity contribution < 1.29 is 0 Å². The molecule has 0 bridgehead atoms. The van der Waals surface area contributed by atoms with Crippen molar-refractivity contribution in [2.24, 2.45) is 0 Å². The number of rotatable bonds is 4. The second-order valence-corrected chi connectivity index (χ2v) is 5.50. The SMILES string of the molecule is CCNc1nc(C)cc(-c2ccc(C3CCC3)cc2)n1. The van der Waals surface area contributed by atoms with Crippen molar-refractivity contribution >= 4 is 5.95 Å². The Labute approximate surface area is 120 Å². The van der Waals surface area contributed by atoms with E-state index in [2.05, 4.69) is 46.5 Å². The molecule has 1 aromatic carbocycles. The Balaban J connectivity index is 1.87. The van der Waals surface area contributed by atoms with Gasteiger partial charge in [-0.2, -0.15) is 0 Å². The van der Waals surface area contributed by atoms with Crippen molar-refractivity contribution in [3.63, 3.8) is 0 Å². The number of anilines is 1. The normalized spacial score (nSPS) is 14.9. The summed E-state index contributed by atoms with van der Waals surface area (Å²) in [5.41, 5.74) is 4.62. The molecule has 0 atom stereocenters. The van der Waals surface area contributed by atoms with Gasteiger partial charge in [0.1, 0.15) is 0 Å². The summed E-state index contributed by atoms with van der Waals surface area (Å²) in [6.07, 6.45) is 4.07. The highest BCUT2D eigenvalue weighted by Gasteiger charge is 2.19. The minimum absolute atomic E-state index is 0.713. The molecule has 0 saturated heterocycles. The molecule has 0 spiro atoms. The molecule has 1 N–H and O–H groups in total. The van der Waals surface area contributed by atoms with Crippen molar-refractivity contribution in [2.45, 2.75) is 39.0 Å². The number of aromatic nitrogens is 2. The lowest BCUT2D eigenvalue weighted by Gasteiger charge is -2.25. The van der Waals surface area contributed by atoms with Gasteiger partial charge in [-0.3, -0.25) is 0 Å². The Kier molecular flexibility index (Phi) is 3.68. The molecule has 1 aliphatic carbocycles. The van der Waals surface area contributed by atoms with Crippen molar-refractivity contribution in [1.29, 1.82) is 0 Å². The molecule has 3 nitrogen and oxygen atoms in total. The van der Waals surface area contributed by atoms with E-state index in [-0.39, 0.29) is 0 Å². The van der Waals surface area contributed by atoms with Gasteiger partial charge in [-0.15, -0.1) is 0 Å². The van der Waals surface area contributed by atoms with Crippen LogP contribution in [-0.4, -0.2) is 16.5 Å². The van der Waals surface area contributed by atoms with Crippen molar-refractivity contribution in [3.8, 4) is 11.3 Å². The molecule has 3 rings (SSSR count). The monoisotopic (exact) mass is 267 g/mol. The van der Waals surface area contributed by atoms with E-state index in [4.69, 9.17) is 0 Å². The molecular weight excluding hydrogens is 246 g/mol. The molecule has 104 valence electrons. The van der Waals surface area contributed by atoms with Crippen LogP contribution in [0.15, 0.2) is 30.3 Å². The molecule has 1 fully saturated rings. The molecular formula is C17H21N3. The summed E-state index contributed by atoms with van der Waals surface area (Å²) in [5.74, 6) is 1.50. The van der Waals surface area contributed by atoms with Gasteiger partial charge < -0.3 is 5.32 Å². The number of aryl methyl sites for hydroxylation is 1. The van der Waals surface area contributed by atoms with E-state index in [1.165, 1.54) is 24.8 Å². The van der Waals surface area contributed by atoms with Gasteiger partial charge in [0.25, 0.3) is 0 Å². The first-order valence-corrected chi connectivity index (χ1v) is 7.46. The summed E-state index contributed by atoms with van der Waals surface area (Å²) >= 11 is 0. The summed E-state index contributed by atoms with van der Waals surface area (Å²) in [5, 5.41) is 3.18. The lowest BCUT2D eigenvalue weighted by molar-refractivity contribution is 0.420. The molecule has 0 radical (unpaired) electrons. The quantitative estimate of drug-likeness (QED) is 0.904. The average Bonchev–Trinajstić information content (AvgIpc) is 2.37. The minimum atomic E-state index is 0.713. The van der Waals surface area contributed by atoms with Gasteiger partial charge in [0.05, 0.1) is 5.69 Å². The summed E-state index contributed by atoms with van der Waals surface area (Å²) in [4.78, 5) is 8.98. The molecule has 1 heterocycles. The van der Waals surface area contributed by atoms with Crippen LogP contribution in [0.25, 0.3) is 11.3 Å². The van der Waals surface area contributed by atoms with Gasteiger partial charge in [0.2, 0.25) is 5.95 Å². The fourth-order valence-electron chi connectivity index (χ4n) is 2.62. The third kappa shape index (κ3) is 2.67. The Morgan fingerprint density at radius 2 is 1.90 bits per heavy atom. The summed E-state index contributed by atoms with van der Waals surface area (Å²) in [6.45, 7) is 4.90. The first kappa shape index (κ1) is 13.1. The van der Waals surface area contributed by atoms with E-state index < -0.39 is 0 Å². The zero-order valence-corrected chi connectivity index (χ0v) is 12.2. The van der Waals surface area contributed by atoms with Crippen LogP contribution in [0.5, 0.6) is 0 Å². The molecule has 20 heavy (non-hydrogen) atoms. The van der Waals surface area contributed by atoms with Crippen LogP contribution < -0.4 is 5.32 Å². The van der Waals surface area contributed by atoms with E-state index in [1.54, 1.807) is 0 Å². The van der Waals surface area contributed by atoms with E-state index in [1.807, 2.05) is 13.0 Å². The highest BCUT2D eigenvalue weighted by Crippen LogP contribution is 2.36. The molecule has 1 aromatic heterocycles. The predicted octanol–water partition coefficient (Wildman–Crippen LogP) is 4.15. The Morgan fingerprint density at radius 3 is 2.50 bits per heavy atom. The van der Waals surface area contributed by atoms with Gasteiger partial charge in [-0.25, -0.2) is 9.97 Å². The van der Waals surface area contributed by atoms with Gasteiger partial charge >= 0.3 is 0 Å². The van der Waals surface area contributed by atoms with E-state index >= 15 is 0 Å². The number of hydrogen-bond acceptors (Lipinski definition) is 3. The second-order valence-electron chi connectivity index (χ2n) is 5.50.